The van der Waals surface area contributed by atoms with Gasteiger partial charge in [-0.3, -0.25) is 9.36 Å². The molecule has 0 aliphatic heterocycles. The van der Waals surface area contributed by atoms with Gasteiger partial charge in [-0.2, -0.15) is 0 Å². The van der Waals surface area contributed by atoms with Gasteiger partial charge >= 0.3 is 0 Å². The highest BCUT2D eigenvalue weighted by Gasteiger charge is 2.24. The van der Waals surface area contributed by atoms with Crippen LogP contribution in [0.25, 0.3) is 0 Å². The molecule has 3 atom stereocenters. The van der Waals surface area contributed by atoms with Gasteiger partial charge in [0.15, 0.2) is 0 Å². The number of nitrogens with zero attached hydrogens (tertiary/aromatic N) is 1. The maximum atomic E-state index is 12.9. The molecule has 9 heteroatoms. The number of phosphoric ester groups is 1. The van der Waals surface area contributed by atoms with E-state index >= 15 is 0 Å². The number of amides is 1. The molecule has 0 aromatic carbocycles. The Balaban J connectivity index is 4.36. The number of hydrogen-bond donors (Lipinski definition) is 2. The molecular weight excluding hydrogens is 683 g/mol. The minimum absolute atomic E-state index is 0.0124. The van der Waals surface area contributed by atoms with Gasteiger partial charge in [-0.15, -0.1) is 0 Å². The predicted octanol–water partition coefficient (Wildman–Crippen LogP) is 11.7. The first-order valence-corrected chi connectivity index (χ1v) is 24.0. The van der Waals surface area contributed by atoms with E-state index in [0.717, 1.165) is 51.4 Å². The molecule has 53 heavy (non-hydrogen) atoms. The maximum absolute atomic E-state index is 12.9. The lowest BCUT2D eigenvalue weighted by molar-refractivity contribution is -0.870. The van der Waals surface area contributed by atoms with Crippen molar-refractivity contribution in [3.8, 4) is 0 Å². The van der Waals surface area contributed by atoms with Crippen molar-refractivity contribution in [2.45, 2.75) is 225 Å². The Morgan fingerprint density at radius 3 is 1.47 bits per heavy atom. The summed E-state index contributed by atoms with van der Waals surface area (Å²) >= 11 is 0. The molecule has 0 aliphatic rings. The Kier molecular flexibility index (Phi) is 36.3. The van der Waals surface area contributed by atoms with Crippen molar-refractivity contribution < 1.29 is 32.9 Å². The smallest absolute Gasteiger partial charge is 0.268 e. The monoisotopic (exact) mass is 773 g/mol. The third kappa shape index (κ3) is 39.3. The summed E-state index contributed by atoms with van der Waals surface area (Å²) in [6, 6.07) is -0.800. The molecule has 0 radical (unpaired) electrons. The van der Waals surface area contributed by atoms with Crippen LogP contribution in [-0.4, -0.2) is 68.5 Å². The predicted molar refractivity (Wildman–Crippen MR) is 224 cm³/mol. The molecule has 8 nitrogen and oxygen atoms in total. The van der Waals surface area contributed by atoms with Crippen molar-refractivity contribution in [1.82, 2.24) is 5.32 Å². The molecule has 316 valence electrons. The van der Waals surface area contributed by atoms with E-state index in [4.69, 9.17) is 9.05 Å². The van der Waals surface area contributed by atoms with Gasteiger partial charge in [0, 0.05) is 6.42 Å². The molecule has 0 heterocycles. The van der Waals surface area contributed by atoms with E-state index in [2.05, 4.69) is 31.3 Å². The van der Waals surface area contributed by atoms with Crippen LogP contribution < -0.4 is 10.2 Å². The summed E-state index contributed by atoms with van der Waals surface area (Å²) in [5, 5.41) is 13.9. The minimum Gasteiger partial charge on any atom is -0.756 e. The number of carbonyl (C=O) groups excluding carboxylic acids is 1. The lowest BCUT2D eigenvalue weighted by Crippen LogP contribution is -2.46. The van der Waals surface area contributed by atoms with Gasteiger partial charge in [-0.25, -0.2) is 0 Å². The highest BCUT2D eigenvalue weighted by atomic mass is 31.2. The number of phosphoric acid groups is 1. The van der Waals surface area contributed by atoms with Crippen LogP contribution in [0.15, 0.2) is 12.2 Å². The van der Waals surface area contributed by atoms with Gasteiger partial charge in [-0.05, 0) is 38.5 Å². The van der Waals surface area contributed by atoms with E-state index in [-0.39, 0.29) is 19.1 Å². The van der Waals surface area contributed by atoms with Crippen LogP contribution in [0.4, 0.5) is 0 Å². The van der Waals surface area contributed by atoms with Crippen LogP contribution in [0.2, 0.25) is 0 Å². The number of unbranched alkanes of at least 4 members (excludes halogenated alkanes) is 26. The second-order valence-electron chi connectivity index (χ2n) is 16.8. The Morgan fingerprint density at radius 2 is 1.04 bits per heavy atom. The Morgan fingerprint density at radius 1 is 0.642 bits per heavy atom. The lowest BCUT2D eigenvalue weighted by atomic mass is 10.0. The van der Waals surface area contributed by atoms with Crippen LogP contribution in [0, 0.1) is 0 Å². The molecule has 0 saturated heterocycles. The zero-order valence-corrected chi connectivity index (χ0v) is 36.6. The first-order chi connectivity index (χ1) is 25.5. The zero-order chi connectivity index (χ0) is 39.3. The quantitative estimate of drug-likeness (QED) is 0.0277. The van der Waals surface area contributed by atoms with Crippen LogP contribution >= 0.6 is 7.82 Å². The van der Waals surface area contributed by atoms with E-state index in [9.17, 15) is 19.4 Å². The van der Waals surface area contributed by atoms with Crippen LogP contribution in [0.3, 0.4) is 0 Å². The molecule has 1 amide bonds. The number of rotatable bonds is 41. The van der Waals surface area contributed by atoms with Crippen molar-refractivity contribution in [3.63, 3.8) is 0 Å². The van der Waals surface area contributed by atoms with Gasteiger partial charge in [-0.1, -0.05) is 180 Å². The van der Waals surface area contributed by atoms with Gasteiger partial charge in [0.1, 0.15) is 13.2 Å². The van der Waals surface area contributed by atoms with Crippen molar-refractivity contribution in [3.05, 3.63) is 12.2 Å². The summed E-state index contributed by atoms with van der Waals surface area (Å²) in [5.41, 5.74) is 0. The normalized spacial score (nSPS) is 14.5. The van der Waals surface area contributed by atoms with Gasteiger partial charge in [0.2, 0.25) is 5.91 Å². The van der Waals surface area contributed by atoms with Crippen LogP contribution in [0.1, 0.15) is 213 Å². The number of likely N-dealkylation sites (N-methyl/N-ethyl adjacent to an activating group) is 1. The third-order valence-corrected chi connectivity index (χ3v) is 11.2. The number of allylic oxidation sites excluding steroid dienone is 2. The summed E-state index contributed by atoms with van der Waals surface area (Å²) < 4.78 is 23.3. The molecule has 0 aromatic rings. The largest absolute Gasteiger partial charge is 0.756 e. The summed E-state index contributed by atoms with van der Waals surface area (Å²) in [5.74, 6) is -0.172. The molecule has 2 N–H and O–H groups in total. The number of carbonyl (C=O) groups is 1. The molecule has 0 spiro atoms. The number of nitrogens with one attached hydrogen (secondary N) is 1. The molecular formula is C44H89N2O6P. The summed E-state index contributed by atoms with van der Waals surface area (Å²) in [7, 11) is 1.30. The van der Waals surface area contributed by atoms with E-state index in [0.29, 0.717) is 23.9 Å². The summed E-state index contributed by atoms with van der Waals surface area (Å²) in [6.45, 7) is 4.72. The van der Waals surface area contributed by atoms with Gasteiger partial charge < -0.3 is 28.8 Å². The highest BCUT2D eigenvalue weighted by molar-refractivity contribution is 7.45. The molecule has 0 saturated carbocycles. The fourth-order valence-corrected chi connectivity index (χ4v) is 7.35. The Labute approximate surface area is 329 Å². The summed E-state index contributed by atoms with van der Waals surface area (Å²) in [4.78, 5) is 25.3. The highest BCUT2D eigenvalue weighted by Crippen LogP contribution is 2.38. The van der Waals surface area contributed by atoms with E-state index in [1.165, 1.54) is 135 Å². The number of quaternary nitrogens is 1. The molecule has 0 aliphatic carbocycles. The van der Waals surface area contributed by atoms with Crippen molar-refractivity contribution in [2.24, 2.45) is 0 Å². The van der Waals surface area contributed by atoms with Crippen molar-refractivity contribution in [1.29, 1.82) is 0 Å². The molecule has 0 aromatic heterocycles. The second kappa shape index (κ2) is 36.9. The van der Waals surface area contributed by atoms with Gasteiger partial charge in [0.25, 0.3) is 7.82 Å². The first-order valence-electron chi connectivity index (χ1n) is 22.5. The fraction of sp³-hybridized carbons (Fsp3) is 0.932. The Bertz CT molecular complexity index is 880. The van der Waals surface area contributed by atoms with E-state index in [1.807, 2.05) is 21.1 Å². The fourth-order valence-electron chi connectivity index (χ4n) is 6.62. The molecule has 0 bridgehead atoms. The average molecular weight is 773 g/mol. The number of aliphatic hydroxyl groups is 1. The SMILES string of the molecule is CCCCCCCC/C=C\CCCCCCCC(=O)NC(COP(=O)([O-])OCC[N+](C)(C)C)C(O)CCCCCCCCCCCCCCCCCC. The molecule has 0 rings (SSSR count). The molecule has 3 unspecified atom stereocenters. The molecule has 0 fully saturated rings. The first kappa shape index (κ1) is 52.2. The van der Waals surface area contributed by atoms with Crippen molar-refractivity contribution in [2.75, 3.05) is 40.9 Å². The maximum Gasteiger partial charge on any atom is 0.268 e. The topological polar surface area (TPSA) is 108 Å². The standard InChI is InChI=1S/C44H89N2O6P/c1-6-8-10-12-14-16-18-20-22-24-25-27-29-31-33-35-37-43(47)42(41-52-53(49,50)51-40-39-46(3,4)5)45-44(48)38-36-34-32-30-28-26-23-21-19-17-15-13-11-9-7-2/h21,23,42-43,47H,6-20,22,24-41H2,1-5H3,(H-,45,48,49,50)/b23-21-. The second-order valence-corrected chi connectivity index (χ2v) is 18.2. The minimum atomic E-state index is -4.56. The van der Waals surface area contributed by atoms with Gasteiger partial charge in [0.05, 0.1) is 39.9 Å². The van der Waals surface area contributed by atoms with Crippen molar-refractivity contribution >= 4 is 13.7 Å². The Hall–Kier alpha value is -0.760. The van der Waals surface area contributed by atoms with E-state index in [1.54, 1.807) is 0 Å². The number of hydrogen-bond acceptors (Lipinski definition) is 6. The average Bonchev–Trinajstić information content (AvgIpc) is 3.10. The van der Waals surface area contributed by atoms with E-state index < -0.39 is 20.0 Å². The van der Waals surface area contributed by atoms with Crippen LogP contribution in [0.5, 0.6) is 0 Å². The summed E-state index contributed by atoms with van der Waals surface area (Å²) in [6.07, 6.45) is 40.6. The third-order valence-electron chi connectivity index (χ3n) is 10.3. The number of aliphatic hydroxyl groups excluding tert-OH is 1. The van der Waals surface area contributed by atoms with Crippen LogP contribution in [-0.2, 0) is 18.4 Å². The zero-order valence-electron chi connectivity index (χ0n) is 35.7. The lowest BCUT2D eigenvalue weighted by Gasteiger charge is -2.30.